The summed E-state index contributed by atoms with van der Waals surface area (Å²) in [6, 6.07) is 7.72. The topological polar surface area (TPSA) is 76.6 Å². The quantitative estimate of drug-likeness (QED) is 0.596. The van der Waals surface area contributed by atoms with E-state index in [9.17, 15) is 28.2 Å². The van der Waals surface area contributed by atoms with E-state index < -0.39 is 29.7 Å². The second-order valence-corrected chi connectivity index (χ2v) is 7.58. The Bertz CT molecular complexity index is 1070. The summed E-state index contributed by atoms with van der Waals surface area (Å²) in [5.74, 6) is -2.04. The standard InChI is InChI=1S/C22H21F3N2O3/c23-13-6-4-12(5-7-13)21-15(16-8-14(24)9-17(25)22(16)26-21)2-1-3-20(30)27-10-18(28)19(29)11-27/h4-9,18-19,26,28-29H,1-3,10-11H2/t18-,19-/m1/s1. The lowest BCUT2D eigenvalue weighted by atomic mass is 10.00. The van der Waals surface area contributed by atoms with Crippen LogP contribution in [0.25, 0.3) is 22.2 Å². The summed E-state index contributed by atoms with van der Waals surface area (Å²) < 4.78 is 41.5. The Kier molecular flexibility index (Phi) is 5.53. The van der Waals surface area contributed by atoms with Gasteiger partial charge in [0.15, 0.2) is 0 Å². The molecule has 0 unspecified atom stereocenters. The van der Waals surface area contributed by atoms with E-state index in [1.807, 2.05) is 0 Å². The van der Waals surface area contributed by atoms with E-state index in [-0.39, 0.29) is 30.9 Å². The van der Waals surface area contributed by atoms with Crippen LogP contribution in [0.4, 0.5) is 13.2 Å². The van der Waals surface area contributed by atoms with Crippen molar-refractivity contribution in [1.82, 2.24) is 9.88 Å². The van der Waals surface area contributed by atoms with E-state index in [1.165, 1.54) is 23.1 Å². The normalized spacial score (nSPS) is 19.0. The van der Waals surface area contributed by atoms with Gasteiger partial charge in [-0.2, -0.15) is 0 Å². The van der Waals surface area contributed by atoms with Gasteiger partial charge in [-0.1, -0.05) is 0 Å². The van der Waals surface area contributed by atoms with Crippen LogP contribution in [-0.4, -0.2) is 51.3 Å². The fraction of sp³-hybridized carbons (Fsp3) is 0.318. The number of aromatic nitrogens is 1. The lowest BCUT2D eigenvalue weighted by Gasteiger charge is -2.15. The first-order valence-corrected chi connectivity index (χ1v) is 9.73. The molecule has 2 heterocycles. The van der Waals surface area contributed by atoms with Gasteiger partial charge in [-0.3, -0.25) is 4.79 Å². The summed E-state index contributed by atoms with van der Waals surface area (Å²) in [6.07, 6.45) is -0.967. The average Bonchev–Trinajstić information content (AvgIpc) is 3.23. The minimum atomic E-state index is -0.946. The summed E-state index contributed by atoms with van der Waals surface area (Å²) in [7, 11) is 0. The van der Waals surface area contributed by atoms with Crippen molar-refractivity contribution in [2.45, 2.75) is 31.5 Å². The molecule has 1 fully saturated rings. The highest BCUT2D eigenvalue weighted by Gasteiger charge is 2.32. The molecule has 1 aliphatic heterocycles. The third-order valence-corrected chi connectivity index (χ3v) is 5.49. The van der Waals surface area contributed by atoms with E-state index in [4.69, 9.17) is 0 Å². The minimum absolute atomic E-state index is 0.0876. The Balaban J connectivity index is 1.59. The molecule has 1 amide bonds. The number of amides is 1. The molecule has 0 saturated carbocycles. The van der Waals surface area contributed by atoms with Gasteiger partial charge in [-0.25, -0.2) is 13.2 Å². The molecule has 2 atom stereocenters. The second-order valence-electron chi connectivity index (χ2n) is 7.58. The maximum atomic E-state index is 14.3. The van der Waals surface area contributed by atoms with Gasteiger partial charge in [0.2, 0.25) is 5.91 Å². The van der Waals surface area contributed by atoms with E-state index in [0.717, 1.165) is 6.07 Å². The minimum Gasteiger partial charge on any atom is -0.388 e. The number of rotatable bonds is 5. The number of carbonyl (C=O) groups is 1. The second kappa shape index (κ2) is 8.12. The number of benzene rings is 2. The SMILES string of the molecule is O=C(CCCc1c(-c2ccc(F)cc2)[nH]c2c(F)cc(F)cc12)N1C[C@@H](O)[C@H](O)C1. The van der Waals surface area contributed by atoms with Gasteiger partial charge in [0, 0.05) is 36.7 Å². The highest BCUT2D eigenvalue weighted by molar-refractivity contribution is 5.91. The summed E-state index contributed by atoms with van der Waals surface area (Å²) in [5.41, 5.74) is 1.97. The van der Waals surface area contributed by atoms with Gasteiger partial charge >= 0.3 is 0 Å². The molecule has 0 radical (unpaired) electrons. The highest BCUT2D eigenvalue weighted by Crippen LogP contribution is 2.33. The van der Waals surface area contributed by atoms with Gasteiger partial charge in [0.1, 0.15) is 17.5 Å². The number of fused-ring (bicyclic) bond motifs is 1. The molecule has 2 aromatic carbocycles. The summed E-state index contributed by atoms with van der Waals surface area (Å²) >= 11 is 0. The number of hydrogen-bond donors (Lipinski definition) is 3. The average molecular weight is 418 g/mol. The lowest BCUT2D eigenvalue weighted by molar-refractivity contribution is -0.130. The molecule has 1 aromatic heterocycles. The Morgan fingerprint density at radius 3 is 2.37 bits per heavy atom. The molecule has 0 aliphatic carbocycles. The molecule has 1 saturated heterocycles. The number of nitrogens with one attached hydrogen (secondary N) is 1. The van der Waals surface area contributed by atoms with E-state index >= 15 is 0 Å². The van der Waals surface area contributed by atoms with Crippen LogP contribution in [0.5, 0.6) is 0 Å². The van der Waals surface area contributed by atoms with Crippen LogP contribution in [-0.2, 0) is 11.2 Å². The van der Waals surface area contributed by atoms with Crippen LogP contribution in [0, 0.1) is 17.5 Å². The first kappa shape index (κ1) is 20.4. The van der Waals surface area contributed by atoms with Crippen molar-refractivity contribution >= 4 is 16.8 Å². The van der Waals surface area contributed by atoms with E-state index in [0.29, 0.717) is 35.0 Å². The molecule has 0 spiro atoms. The number of likely N-dealkylation sites (tertiary alicyclic amines) is 1. The van der Waals surface area contributed by atoms with E-state index in [2.05, 4.69) is 4.98 Å². The smallest absolute Gasteiger partial charge is 0.222 e. The Morgan fingerprint density at radius 2 is 1.70 bits per heavy atom. The zero-order chi connectivity index (χ0) is 21.4. The van der Waals surface area contributed by atoms with Crippen molar-refractivity contribution < 1.29 is 28.2 Å². The monoisotopic (exact) mass is 418 g/mol. The molecule has 0 bridgehead atoms. The van der Waals surface area contributed by atoms with Crippen molar-refractivity contribution in [3.05, 3.63) is 59.4 Å². The zero-order valence-corrected chi connectivity index (χ0v) is 16.0. The van der Waals surface area contributed by atoms with Gasteiger partial charge < -0.3 is 20.1 Å². The van der Waals surface area contributed by atoms with Crippen molar-refractivity contribution in [2.24, 2.45) is 0 Å². The molecule has 3 aromatic rings. The van der Waals surface area contributed by atoms with Crippen LogP contribution in [0.2, 0.25) is 0 Å². The predicted molar refractivity (Wildman–Crippen MR) is 105 cm³/mol. The van der Waals surface area contributed by atoms with Gasteiger partial charge in [0.05, 0.1) is 17.7 Å². The first-order valence-electron chi connectivity index (χ1n) is 9.73. The molecular weight excluding hydrogens is 397 g/mol. The predicted octanol–water partition coefficient (Wildman–Crippen LogP) is 3.14. The third kappa shape index (κ3) is 3.93. The molecule has 8 heteroatoms. The number of H-pyrrole nitrogens is 1. The Hall–Kier alpha value is -2.84. The maximum absolute atomic E-state index is 14.3. The summed E-state index contributed by atoms with van der Waals surface area (Å²) in [6.45, 7) is 0.175. The Morgan fingerprint density at radius 1 is 1.03 bits per heavy atom. The van der Waals surface area contributed by atoms with Gasteiger partial charge in [-0.15, -0.1) is 0 Å². The number of aromatic amines is 1. The number of carbonyl (C=O) groups excluding carboxylic acids is 1. The molecular formula is C22H21F3N2O3. The summed E-state index contributed by atoms with van der Waals surface area (Å²) in [5, 5.41) is 19.6. The van der Waals surface area contributed by atoms with Crippen LogP contribution in [0.3, 0.4) is 0 Å². The first-order chi connectivity index (χ1) is 14.3. The molecule has 4 rings (SSSR count). The summed E-state index contributed by atoms with van der Waals surface area (Å²) in [4.78, 5) is 16.7. The van der Waals surface area contributed by atoms with Gasteiger partial charge in [0.25, 0.3) is 0 Å². The largest absolute Gasteiger partial charge is 0.388 e. The number of halogens is 3. The number of aliphatic hydroxyl groups is 2. The fourth-order valence-corrected chi connectivity index (χ4v) is 3.94. The van der Waals surface area contributed by atoms with Crippen LogP contribution in [0.15, 0.2) is 36.4 Å². The number of aryl methyl sites for hydroxylation is 1. The number of β-amino-alcohol motifs (C(OH)–C–C–N with tert-alkyl or cyclic N) is 2. The lowest BCUT2D eigenvalue weighted by Crippen LogP contribution is -2.29. The number of nitrogens with zero attached hydrogens (tertiary/aromatic N) is 1. The maximum Gasteiger partial charge on any atom is 0.222 e. The van der Waals surface area contributed by atoms with Crippen LogP contribution >= 0.6 is 0 Å². The fourth-order valence-electron chi connectivity index (χ4n) is 3.94. The molecule has 158 valence electrons. The van der Waals surface area contributed by atoms with Gasteiger partial charge in [-0.05, 0) is 54.3 Å². The zero-order valence-electron chi connectivity index (χ0n) is 16.0. The van der Waals surface area contributed by atoms with Crippen molar-refractivity contribution in [3.8, 4) is 11.3 Å². The van der Waals surface area contributed by atoms with Crippen molar-refractivity contribution in [1.29, 1.82) is 0 Å². The van der Waals surface area contributed by atoms with Crippen LogP contribution < -0.4 is 0 Å². The number of hydrogen-bond acceptors (Lipinski definition) is 3. The highest BCUT2D eigenvalue weighted by atomic mass is 19.1. The molecule has 1 aliphatic rings. The third-order valence-electron chi connectivity index (χ3n) is 5.49. The van der Waals surface area contributed by atoms with Crippen molar-refractivity contribution in [2.75, 3.05) is 13.1 Å². The Labute approximate surface area is 170 Å². The van der Waals surface area contributed by atoms with Crippen LogP contribution in [0.1, 0.15) is 18.4 Å². The molecule has 30 heavy (non-hydrogen) atoms. The molecule has 3 N–H and O–H groups in total. The number of aliphatic hydroxyl groups excluding tert-OH is 2. The van der Waals surface area contributed by atoms with Crippen molar-refractivity contribution in [3.63, 3.8) is 0 Å². The molecule has 5 nitrogen and oxygen atoms in total. The van der Waals surface area contributed by atoms with E-state index in [1.54, 1.807) is 12.1 Å².